The number of hydrogen-bond donors (Lipinski definition) is 3. The quantitative estimate of drug-likeness (QED) is 0.560. The van der Waals surface area contributed by atoms with Crippen molar-refractivity contribution < 1.29 is 0 Å². The van der Waals surface area contributed by atoms with Gasteiger partial charge in [0.25, 0.3) is 0 Å². The van der Waals surface area contributed by atoms with Crippen LogP contribution in [0.15, 0.2) is 0 Å². The third-order valence-electron chi connectivity index (χ3n) is 2.67. The molecule has 0 aliphatic carbocycles. The SMILES string of the molecule is CC1(C)CC(N)(CN)CC(C)(C)N1. The van der Waals surface area contributed by atoms with Crippen molar-refractivity contribution >= 4 is 0 Å². The predicted molar refractivity (Wildman–Crippen MR) is 56.5 cm³/mol. The van der Waals surface area contributed by atoms with E-state index in [1.54, 1.807) is 0 Å². The Labute approximate surface area is 81.2 Å². The Balaban J connectivity index is 2.84. The molecule has 0 aromatic heterocycles. The molecule has 0 aromatic carbocycles. The van der Waals surface area contributed by atoms with Crippen LogP contribution in [0.25, 0.3) is 0 Å². The second kappa shape index (κ2) is 2.94. The summed E-state index contributed by atoms with van der Waals surface area (Å²) in [7, 11) is 0. The van der Waals surface area contributed by atoms with Crippen molar-refractivity contribution in [3.05, 3.63) is 0 Å². The third kappa shape index (κ3) is 2.66. The highest BCUT2D eigenvalue weighted by Crippen LogP contribution is 2.33. The number of nitrogens with two attached hydrogens (primary N) is 2. The van der Waals surface area contributed by atoms with Gasteiger partial charge in [0.05, 0.1) is 0 Å². The van der Waals surface area contributed by atoms with E-state index >= 15 is 0 Å². The first-order chi connectivity index (χ1) is 5.68. The van der Waals surface area contributed by atoms with Crippen LogP contribution in [0.5, 0.6) is 0 Å². The molecule has 3 nitrogen and oxygen atoms in total. The Hall–Kier alpha value is -0.120. The van der Waals surface area contributed by atoms with Crippen molar-refractivity contribution in [1.29, 1.82) is 0 Å². The Morgan fingerprint density at radius 1 is 1.08 bits per heavy atom. The van der Waals surface area contributed by atoms with Crippen LogP contribution in [0.1, 0.15) is 40.5 Å². The van der Waals surface area contributed by atoms with Crippen LogP contribution in [0.3, 0.4) is 0 Å². The smallest absolute Gasteiger partial charge is 0.0313 e. The fraction of sp³-hybridized carbons (Fsp3) is 1.00. The minimum absolute atomic E-state index is 0.0931. The lowest BCUT2D eigenvalue weighted by Gasteiger charge is -2.51. The van der Waals surface area contributed by atoms with E-state index in [4.69, 9.17) is 11.5 Å². The van der Waals surface area contributed by atoms with Crippen molar-refractivity contribution in [2.24, 2.45) is 11.5 Å². The first-order valence-electron chi connectivity index (χ1n) is 4.96. The van der Waals surface area contributed by atoms with E-state index in [0.29, 0.717) is 6.54 Å². The monoisotopic (exact) mass is 185 g/mol. The van der Waals surface area contributed by atoms with Crippen LogP contribution in [-0.4, -0.2) is 23.2 Å². The van der Waals surface area contributed by atoms with Gasteiger partial charge in [0.2, 0.25) is 0 Å². The Morgan fingerprint density at radius 2 is 1.46 bits per heavy atom. The summed E-state index contributed by atoms with van der Waals surface area (Å²) in [5, 5.41) is 3.59. The number of nitrogens with one attached hydrogen (secondary N) is 1. The lowest BCUT2D eigenvalue weighted by Crippen LogP contribution is -2.68. The van der Waals surface area contributed by atoms with E-state index < -0.39 is 0 Å². The molecule has 1 aliphatic heterocycles. The Morgan fingerprint density at radius 3 is 1.77 bits per heavy atom. The summed E-state index contributed by atoms with van der Waals surface area (Å²) in [4.78, 5) is 0. The van der Waals surface area contributed by atoms with E-state index in [9.17, 15) is 0 Å². The Kier molecular flexibility index (Phi) is 2.48. The van der Waals surface area contributed by atoms with Gasteiger partial charge in [0.15, 0.2) is 0 Å². The van der Waals surface area contributed by atoms with E-state index in [0.717, 1.165) is 12.8 Å². The van der Waals surface area contributed by atoms with Crippen molar-refractivity contribution in [3.63, 3.8) is 0 Å². The third-order valence-corrected chi connectivity index (χ3v) is 2.67. The van der Waals surface area contributed by atoms with E-state index in [1.807, 2.05) is 0 Å². The number of rotatable bonds is 1. The zero-order valence-corrected chi connectivity index (χ0v) is 9.28. The maximum Gasteiger partial charge on any atom is 0.0313 e. The van der Waals surface area contributed by atoms with Gasteiger partial charge < -0.3 is 16.8 Å². The fourth-order valence-electron chi connectivity index (χ4n) is 2.97. The lowest BCUT2D eigenvalue weighted by atomic mass is 9.71. The minimum atomic E-state index is -0.196. The molecule has 1 heterocycles. The van der Waals surface area contributed by atoms with Crippen LogP contribution >= 0.6 is 0 Å². The highest BCUT2D eigenvalue weighted by molar-refractivity contribution is 5.06. The zero-order chi connectivity index (χ0) is 10.3. The van der Waals surface area contributed by atoms with Gasteiger partial charge in [-0.25, -0.2) is 0 Å². The van der Waals surface area contributed by atoms with Gasteiger partial charge in [-0.1, -0.05) is 0 Å². The molecule has 0 bridgehead atoms. The normalized spacial score (nSPS) is 30.0. The van der Waals surface area contributed by atoms with E-state index in [-0.39, 0.29) is 16.6 Å². The summed E-state index contributed by atoms with van der Waals surface area (Å²) in [6.45, 7) is 9.31. The summed E-state index contributed by atoms with van der Waals surface area (Å²) >= 11 is 0. The molecule has 0 unspecified atom stereocenters. The molecule has 1 aliphatic rings. The van der Waals surface area contributed by atoms with Crippen LogP contribution in [0, 0.1) is 0 Å². The topological polar surface area (TPSA) is 64.1 Å². The Bertz CT molecular complexity index is 180. The second-order valence-electron chi connectivity index (χ2n) is 5.81. The molecule has 5 N–H and O–H groups in total. The average molecular weight is 185 g/mol. The first-order valence-corrected chi connectivity index (χ1v) is 4.96. The maximum atomic E-state index is 6.24. The summed E-state index contributed by atoms with van der Waals surface area (Å²) in [5.41, 5.74) is 12.0. The van der Waals surface area contributed by atoms with Gasteiger partial charge in [-0.05, 0) is 40.5 Å². The summed E-state index contributed by atoms with van der Waals surface area (Å²) in [6.07, 6.45) is 1.89. The molecule has 0 saturated carbocycles. The molecular weight excluding hydrogens is 162 g/mol. The lowest BCUT2D eigenvalue weighted by molar-refractivity contribution is 0.110. The van der Waals surface area contributed by atoms with Crippen LogP contribution in [0.2, 0.25) is 0 Å². The molecule has 13 heavy (non-hydrogen) atoms. The highest BCUT2D eigenvalue weighted by atomic mass is 15.1. The predicted octanol–water partition coefficient (Wildman–Crippen LogP) is 0.583. The molecule has 3 heteroatoms. The minimum Gasteiger partial charge on any atom is -0.329 e. The summed E-state index contributed by atoms with van der Waals surface area (Å²) < 4.78 is 0. The van der Waals surface area contributed by atoms with Crippen LogP contribution in [0.4, 0.5) is 0 Å². The number of hydrogen-bond acceptors (Lipinski definition) is 3. The molecule has 0 spiro atoms. The molecule has 0 aromatic rings. The van der Waals surface area contributed by atoms with E-state index in [2.05, 4.69) is 33.0 Å². The highest BCUT2D eigenvalue weighted by Gasteiger charge is 2.43. The van der Waals surface area contributed by atoms with Gasteiger partial charge in [-0.15, -0.1) is 0 Å². The van der Waals surface area contributed by atoms with Gasteiger partial charge in [0.1, 0.15) is 0 Å². The molecule has 1 fully saturated rings. The standard InChI is InChI=1S/C10H23N3/c1-8(2)5-10(12,7-11)6-9(3,4)13-8/h13H,5-7,11-12H2,1-4H3. The molecule has 1 saturated heterocycles. The second-order valence-corrected chi connectivity index (χ2v) is 5.81. The summed E-state index contributed by atoms with van der Waals surface area (Å²) in [6, 6.07) is 0. The number of piperidine rings is 1. The van der Waals surface area contributed by atoms with Crippen LogP contribution < -0.4 is 16.8 Å². The zero-order valence-electron chi connectivity index (χ0n) is 9.28. The average Bonchev–Trinajstić information content (AvgIpc) is 1.79. The van der Waals surface area contributed by atoms with Gasteiger partial charge >= 0.3 is 0 Å². The first kappa shape index (κ1) is 11.0. The molecule has 0 radical (unpaired) electrons. The maximum absolute atomic E-state index is 6.24. The molecule has 0 atom stereocenters. The summed E-state index contributed by atoms with van der Waals surface area (Å²) in [5.74, 6) is 0. The largest absolute Gasteiger partial charge is 0.329 e. The molecule has 1 rings (SSSR count). The molecule has 0 amide bonds. The molecule has 78 valence electrons. The van der Waals surface area contributed by atoms with Crippen molar-refractivity contribution in [2.75, 3.05) is 6.54 Å². The van der Waals surface area contributed by atoms with E-state index in [1.165, 1.54) is 0 Å². The van der Waals surface area contributed by atoms with Gasteiger partial charge in [0, 0.05) is 23.2 Å². The van der Waals surface area contributed by atoms with Crippen LogP contribution in [-0.2, 0) is 0 Å². The van der Waals surface area contributed by atoms with Gasteiger partial charge in [-0.3, -0.25) is 0 Å². The van der Waals surface area contributed by atoms with Gasteiger partial charge in [-0.2, -0.15) is 0 Å². The molecular formula is C10H23N3. The van der Waals surface area contributed by atoms with Crippen molar-refractivity contribution in [2.45, 2.75) is 57.2 Å². The van der Waals surface area contributed by atoms with Crippen molar-refractivity contribution in [1.82, 2.24) is 5.32 Å². The van der Waals surface area contributed by atoms with Crippen molar-refractivity contribution in [3.8, 4) is 0 Å². The fourth-order valence-corrected chi connectivity index (χ4v) is 2.97.